The molecule has 0 saturated heterocycles. The topological polar surface area (TPSA) is 67.8 Å². The van der Waals surface area contributed by atoms with Crippen LogP contribution in [-0.2, 0) is 6.42 Å². The van der Waals surface area contributed by atoms with Gasteiger partial charge in [0.05, 0.1) is 20.9 Å². The third-order valence-electron chi connectivity index (χ3n) is 2.85. The molecule has 0 atom stereocenters. The first kappa shape index (κ1) is 13.1. The average molecular weight is 304 g/mol. The SMILES string of the molecule is CCc1nnsc1C(=O)Nc1ccc2nc(C)sc2c1. The quantitative estimate of drug-likeness (QED) is 0.806. The maximum Gasteiger partial charge on any atom is 0.269 e. The first-order valence-electron chi connectivity index (χ1n) is 6.17. The molecule has 0 spiro atoms. The normalized spacial score (nSPS) is 10.9. The van der Waals surface area contributed by atoms with Crippen LogP contribution in [0.15, 0.2) is 18.2 Å². The third-order valence-corrected chi connectivity index (χ3v) is 4.55. The van der Waals surface area contributed by atoms with E-state index < -0.39 is 0 Å². The van der Waals surface area contributed by atoms with Gasteiger partial charge >= 0.3 is 0 Å². The van der Waals surface area contributed by atoms with Crippen LogP contribution < -0.4 is 5.32 Å². The summed E-state index contributed by atoms with van der Waals surface area (Å²) in [6.45, 7) is 3.93. The van der Waals surface area contributed by atoms with Crippen LogP contribution >= 0.6 is 22.9 Å². The van der Waals surface area contributed by atoms with E-state index in [0.29, 0.717) is 11.3 Å². The zero-order valence-corrected chi connectivity index (χ0v) is 12.6. The first-order valence-corrected chi connectivity index (χ1v) is 7.76. The van der Waals surface area contributed by atoms with Gasteiger partial charge in [-0.3, -0.25) is 4.79 Å². The summed E-state index contributed by atoms with van der Waals surface area (Å²) in [5.74, 6) is -0.155. The minimum atomic E-state index is -0.155. The highest BCUT2D eigenvalue weighted by atomic mass is 32.1. The van der Waals surface area contributed by atoms with Crippen molar-refractivity contribution in [3.63, 3.8) is 0 Å². The minimum absolute atomic E-state index is 0.155. The lowest BCUT2D eigenvalue weighted by Crippen LogP contribution is -2.12. The van der Waals surface area contributed by atoms with Gasteiger partial charge in [-0.15, -0.1) is 16.4 Å². The first-order chi connectivity index (χ1) is 9.67. The second kappa shape index (κ2) is 5.26. The molecular formula is C13H12N4OS2. The van der Waals surface area contributed by atoms with E-state index in [9.17, 15) is 4.79 Å². The van der Waals surface area contributed by atoms with Gasteiger partial charge in [0.2, 0.25) is 0 Å². The van der Waals surface area contributed by atoms with Gasteiger partial charge in [0.1, 0.15) is 4.88 Å². The lowest BCUT2D eigenvalue weighted by molar-refractivity contribution is 0.102. The maximum atomic E-state index is 12.2. The van der Waals surface area contributed by atoms with Crippen molar-refractivity contribution in [3.8, 4) is 0 Å². The zero-order valence-electron chi connectivity index (χ0n) is 11.0. The number of anilines is 1. The fraction of sp³-hybridized carbons (Fsp3) is 0.231. The second-order valence-corrected chi connectivity index (χ2v) is 6.26. The van der Waals surface area contributed by atoms with Gasteiger partial charge in [-0.05, 0) is 43.1 Å². The van der Waals surface area contributed by atoms with Crippen LogP contribution in [0.3, 0.4) is 0 Å². The third kappa shape index (κ3) is 2.41. The van der Waals surface area contributed by atoms with Crippen LogP contribution in [-0.4, -0.2) is 20.5 Å². The number of hydrogen-bond acceptors (Lipinski definition) is 6. The van der Waals surface area contributed by atoms with Gasteiger partial charge in [0.15, 0.2) is 0 Å². The number of benzene rings is 1. The minimum Gasteiger partial charge on any atom is -0.321 e. The van der Waals surface area contributed by atoms with Crippen LogP contribution in [0.5, 0.6) is 0 Å². The molecule has 0 aliphatic rings. The predicted molar refractivity (Wildman–Crippen MR) is 81.6 cm³/mol. The summed E-state index contributed by atoms with van der Waals surface area (Å²) in [5.41, 5.74) is 2.46. The van der Waals surface area contributed by atoms with E-state index in [1.54, 1.807) is 11.3 Å². The number of amides is 1. The molecule has 0 aliphatic carbocycles. The van der Waals surface area contributed by atoms with Gasteiger partial charge in [-0.25, -0.2) is 4.98 Å². The molecule has 0 radical (unpaired) electrons. The van der Waals surface area contributed by atoms with E-state index in [1.807, 2.05) is 32.0 Å². The monoisotopic (exact) mass is 304 g/mol. The molecule has 2 heterocycles. The molecule has 3 rings (SSSR count). The molecule has 2 aromatic heterocycles. The van der Waals surface area contributed by atoms with Crippen molar-refractivity contribution >= 4 is 44.7 Å². The Hall–Kier alpha value is -1.86. The molecule has 0 bridgehead atoms. The van der Waals surface area contributed by atoms with Crippen molar-refractivity contribution in [2.75, 3.05) is 5.32 Å². The standard InChI is InChI=1S/C13H12N4OS2/c1-3-9-12(20-17-16-9)13(18)15-8-4-5-10-11(6-8)19-7(2)14-10/h4-6H,3H2,1-2H3,(H,15,18). The largest absolute Gasteiger partial charge is 0.321 e. The van der Waals surface area contributed by atoms with Crippen LogP contribution in [0, 0.1) is 6.92 Å². The molecule has 3 aromatic rings. The van der Waals surface area contributed by atoms with E-state index in [2.05, 4.69) is 19.9 Å². The number of thiazole rings is 1. The summed E-state index contributed by atoms with van der Waals surface area (Å²) in [4.78, 5) is 17.2. The van der Waals surface area contributed by atoms with Crippen LogP contribution in [0.25, 0.3) is 10.2 Å². The Kier molecular flexibility index (Phi) is 3.45. The molecule has 1 aromatic carbocycles. The number of rotatable bonds is 3. The van der Waals surface area contributed by atoms with Crippen LogP contribution in [0.1, 0.15) is 27.3 Å². The number of aromatic nitrogens is 3. The number of nitrogens with zero attached hydrogens (tertiary/aromatic N) is 3. The van der Waals surface area contributed by atoms with E-state index >= 15 is 0 Å². The fourth-order valence-corrected chi connectivity index (χ4v) is 3.43. The van der Waals surface area contributed by atoms with Crippen LogP contribution in [0.2, 0.25) is 0 Å². The van der Waals surface area contributed by atoms with Crippen molar-refractivity contribution in [2.24, 2.45) is 0 Å². The summed E-state index contributed by atoms with van der Waals surface area (Å²) in [7, 11) is 0. The number of nitrogens with one attached hydrogen (secondary N) is 1. The van der Waals surface area contributed by atoms with Gasteiger partial charge in [-0.1, -0.05) is 11.4 Å². The Labute approximate surface area is 123 Å². The molecule has 102 valence electrons. The summed E-state index contributed by atoms with van der Waals surface area (Å²) >= 11 is 2.74. The maximum absolute atomic E-state index is 12.2. The molecule has 5 nitrogen and oxygen atoms in total. The molecule has 1 N–H and O–H groups in total. The molecule has 0 saturated carbocycles. The van der Waals surface area contributed by atoms with Gasteiger partial charge in [0.25, 0.3) is 5.91 Å². The smallest absolute Gasteiger partial charge is 0.269 e. The van der Waals surface area contributed by atoms with Gasteiger partial charge in [0, 0.05) is 5.69 Å². The molecule has 0 unspecified atom stereocenters. The average Bonchev–Trinajstić information content (AvgIpc) is 3.02. The highest BCUT2D eigenvalue weighted by Gasteiger charge is 2.15. The van der Waals surface area contributed by atoms with Crippen molar-refractivity contribution < 1.29 is 4.79 Å². The number of carbonyl (C=O) groups is 1. The molecule has 0 aliphatic heterocycles. The Morgan fingerprint density at radius 2 is 2.25 bits per heavy atom. The Morgan fingerprint density at radius 3 is 3.05 bits per heavy atom. The van der Waals surface area contributed by atoms with Crippen LogP contribution in [0.4, 0.5) is 5.69 Å². The molecule has 0 fully saturated rings. The Balaban J connectivity index is 1.87. The number of aryl methyl sites for hydroxylation is 2. The van der Waals surface area contributed by atoms with Crippen molar-refractivity contribution in [1.29, 1.82) is 0 Å². The van der Waals surface area contributed by atoms with Crippen molar-refractivity contribution in [3.05, 3.63) is 33.8 Å². The summed E-state index contributed by atoms with van der Waals surface area (Å²) in [6.07, 6.45) is 0.701. The number of fused-ring (bicyclic) bond motifs is 1. The van der Waals surface area contributed by atoms with Gasteiger partial charge < -0.3 is 5.32 Å². The Morgan fingerprint density at radius 1 is 1.40 bits per heavy atom. The predicted octanol–water partition coefficient (Wildman–Crippen LogP) is 3.27. The van der Waals surface area contributed by atoms with E-state index in [1.165, 1.54) is 0 Å². The molecular weight excluding hydrogens is 292 g/mol. The highest BCUT2D eigenvalue weighted by Crippen LogP contribution is 2.25. The summed E-state index contributed by atoms with van der Waals surface area (Å²) < 4.78 is 4.90. The van der Waals surface area contributed by atoms with Gasteiger partial charge in [-0.2, -0.15) is 0 Å². The number of carbonyl (C=O) groups excluding carboxylic acids is 1. The Bertz CT molecular complexity index is 778. The molecule has 7 heteroatoms. The van der Waals surface area contributed by atoms with E-state index in [4.69, 9.17) is 0 Å². The fourth-order valence-electron chi connectivity index (χ4n) is 1.92. The molecule has 20 heavy (non-hydrogen) atoms. The second-order valence-electron chi connectivity index (χ2n) is 4.27. The zero-order chi connectivity index (χ0) is 14.1. The number of hydrogen-bond donors (Lipinski definition) is 1. The van der Waals surface area contributed by atoms with E-state index in [0.717, 1.165) is 38.1 Å². The van der Waals surface area contributed by atoms with Crippen molar-refractivity contribution in [1.82, 2.24) is 14.6 Å². The lowest BCUT2D eigenvalue weighted by Gasteiger charge is -2.03. The highest BCUT2D eigenvalue weighted by molar-refractivity contribution is 7.18. The lowest BCUT2D eigenvalue weighted by atomic mass is 10.2. The van der Waals surface area contributed by atoms with Crippen molar-refractivity contribution in [2.45, 2.75) is 20.3 Å². The summed E-state index contributed by atoms with van der Waals surface area (Å²) in [5, 5.41) is 7.86. The summed E-state index contributed by atoms with van der Waals surface area (Å²) in [6, 6.07) is 5.72. The van der Waals surface area contributed by atoms with E-state index in [-0.39, 0.29) is 5.91 Å². The molecule has 1 amide bonds.